The molecule has 1 fully saturated rings. The van der Waals surface area contributed by atoms with Gasteiger partial charge in [0.2, 0.25) is 5.88 Å². The van der Waals surface area contributed by atoms with E-state index in [1.165, 1.54) is 6.20 Å². The quantitative estimate of drug-likeness (QED) is 0.576. The molecule has 1 saturated heterocycles. The molecular formula is C24H22BrN3O3. The van der Waals surface area contributed by atoms with Crippen LogP contribution in [-0.2, 0) is 0 Å². The van der Waals surface area contributed by atoms with Gasteiger partial charge in [-0.2, -0.15) is 0 Å². The summed E-state index contributed by atoms with van der Waals surface area (Å²) in [6.45, 7) is 1.24. The molecule has 1 aromatic heterocycles. The van der Waals surface area contributed by atoms with Gasteiger partial charge in [0, 0.05) is 41.4 Å². The number of amides is 2. The van der Waals surface area contributed by atoms with E-state index in [1.54, 1.807) is 12.1 Å². The van der Waals surface area contributed by atoms with Crippen LogP contribution >= 0.6 is 15.9 Å². The number of ether oxygens (including phenoxy) is 1. The van der Waals surface area contributed by atoms with Gasteiger partial charge in [-0.05, 0) is 49.2 Å². The molecule has 0 aliphatic carbocycles. The van der Waals surface area contributed by atoms with E-state index in [0.717, 1.165) is 17.3 Å². The number of nitrogens with one attached hydrogen (secondary N) is 1. The second kappa shape index (κ2) is 9.75. The van der Waals surface area contributed by atoms with Gasteiger partial charge < -0.3 is 15.0 Å². The minimum atomic E-state index is -0.172. The smallest absolute Gasteiger partial charge is 0.253 e. The Balaban J connectivity index is 1.28. The molecule has 2 amide bonds. The van der Waals surface area contributed by atoms with E-state index in [9.17, 15) is 9.59 Å². The van der Waals surface area contributed by atoms with E-state index < -0.39 is 0 Å². The number of aromatic nitrogens is 1. The lowest BCUT2D eigenvalue weighted by molar-refractivity contribution is 0.0698. The molecule has 6 nitrogen and oxygen atoms in total. The van der Waals surface area contributed by atoms with Crippen LogP contribution in [0.1, 0.15) is 33.6 Å². The summed E-state index contributed by atoms with van der Waals surface area (Å²) >= 11 is 3.40. The van der Waals surface area contributed by atoms with Gasteiger partial charge in [0.1, 0.15) is 5.75 Å². The zero-order chi connectivity index (χ0) is 21.6. The fraction of sp³-hybridized carbons (Fsp3) is 0.208. The van der Waals surface area contributed by atoms with Crippen LogP contribution in [0.5, 0.6) is 11.6 Å². The topological polar surface area (TPSA) is 71.5 Å². The summed E-state index contributed by atoms with van der Waals surface area (Å²) in [6, 6.07) is 20.2. The number of carbonyl (C=O) groups is 2. The normalized spacial score (nSPS) is 14.2. The maximum absolute atomic E-state index is 12.6. The zero-order valence-electron chi connectivity index (χ0n) is 16.8. The third-order valence-electron chi connectivity index (χ3n) is 5.16. The molecule has 7 heteroatoms. The molecule has 1 N–H and O–H groups in total. The first kappa shape index (κ1) is 21.1. The van der Waals surface area contributed by atoms with Gasteiger partial charge in [0.15, 0.2) is 0 Å². The van der Waals surface area contributed by atoms with Gasteiger partial charge in [0.25, 0.3) is 11.8 Å². The molecular weight excluding hydrogens is 458 g/mol. The molecule has 31 heavy (non-hydrogen) atoms. The fourth-order valence-corrected chi connectivity index (χ4v) is 3.86. The summed E-state index contributed by atoms with van der Waals surface area (Å²) in [7, 11) is 0. The predicted molar refractivity (Wildman–Crippen MR) is 121 cm³/mol. The van der Waals surface area contributed by atoms with Crippen LogP contribution < -0.4 is 10.1 Å². The number of rotatable bonds is 5. The third kappa shape index (κ3) is 5.49. The SMILES string of the molecule is O=C(NC1CCN(C(=O)c2ccccc2)CC1)c1ccc(Oc2cccc(Br)c2)nc1. The number of halogens is 1. The van der Waals surface area contributed by atoms with Gasteiger partial charge in [-0.25, -0.2) is 4.98 Å². The number of pyridine rings is 1. The van der Waals surface area contributed by atoms with Crippen LogP contribution in [0.3, 0.4) is 0 Å². The largest absolute Gasteiger partial charge is 0.439 e. The van der Waals surface area contributed by atoms with Crippen LogP contribution in [0.25, 0.3) is 0 Å². The van der Waals surface area contributed by atoms with Crippen molar-refractivity contribution in [1.82, 2.24) is 15.2 Å². The molecule has 158 valence electrons. The van der Waals surface area contributed by atoms with Crippen LogP contribution in [0, 0.1) is 0 Å². The van der Waals surface area contributed by atoms with Crippen molar-refractivity contribution in [1.29, 1.82) is 0 Å². The van der Waals surface area contributed by atoms with Gasteiger partial charge in [-0.15, -0.1) is 0 Å². The highest BCUT2D eigenvalue weighted by atomic mass is 79.9. The predicted octanol–water partition coefficient (Wildman–Crippen LogP) is 4.67. The third-order valence-corrected chi connectivity index (χ3v) is 5.65. The second-order valence-electron chi connectivity index (χ2n) is 7.35. The van der Waals surface area contributed by atoms with Gasteiger partial charge in [0.05, 0.1) is 5.56 Å². The monoisotopic (exact) mass is 479 g/mol. The van der Waals surface area contributed by atoms with E-state index in [4.69, 9.17) is 4.74 Å². The van der Waals surface area contributed by atoms with E-state index in [1.807, 2.05) is 59.5 Å². The maximum atomic E-state index is 12.6. The first-order valence-electron chi connectivity index (χ1n) is 10.1. The lowest BCUT2D eigenvalue weighted by Gasteiger charge is -2.32. The number of likely N-dealkylation sites (tertiary alicyclic amines) is 1. The minimum absolute atomic E-state index is 0.0323. The van der Waals surface area contributed by atoms with Crippen molar-refractivity contribution in [3.05, 3.63) is 88.5 Å². The average Bonchev–Trinajstić information content (AvgIpc) is 2.80. The summed E-state index contributed by atoms with van der Waals surface area (Å²) in [6.07, 6.45) is 2.96. The molecule has 0 saturated carbocycles. The first-order valence-corrected chi connectivity index (χ1v) is 10.9. The van der Waals surface area contributed by atoms with E-state index in [-0.39, 0.29) is 17.9 Å². The van der Waals surface area contributed by atoms with Crippen LogP contribution in [0.2, 0.25) is 0 Å². The number of nitrogens with zero attached hydrogens (tertiary/aromatic N) is 2. The van der Waals surface area contributed by atoms with Gasteiger partial charge in [-0.1, -0.05) is 40.2 Å². The number of hydrogen-bond acceptors (Lipinski definition) is 4. The van der Waals surface area contributed by atoms with E-state index in [0.29, 0.717) is 35.8 Å². The van der Waals surface area contributed by atoms with E-state index in [2.05, 4.69) is 26.2 Å². The molecule has 2 aromatic carbocycles. The zero-order valence-corrected chi connectivity index (χ0v) is 18.4. The minimum Gasteiger partial charge on any atom is -0.439 e. The highest BCUT2D eigenvalue weighted by Crippen LogP contribution is 2.23. The summed E-state index contributed by atoms with van der Waals surface area (Å²) in [5.74, 6) is 0.947. The first-order chi connectivity index (χ1) is 15.1. The number of hydrogen-bond donors (Lipinski definition) is 1. The summed E-state index contributed by atoms with van der Waals surface area (Å²) in [4.78, 5) is 31.2. The molecule has 0 radical (unpaired) electrons. The second-order valence-corrected chi connectivity index (χ2v) is 8.27. The molecule has 3 aromatic rings. The van der Waals surface area contributed by atoms with E-state index >= 15 is 0 Å². The molecule has 4 rings (SSSR count). The fourth-order valence-electron chi connectivity index (χ4n) is 3.49. The van der Waals surface area contributed by atoms with Gasteiger partial charge in [-0.3, -0.25) is 9.59 Å². The Morgan fingerprint density at radius 2 is 1.74 bits per heavy atom. The summed E-state index contributed by atoms with van der Waals surface area (Å²) in [5.41, 5.74) is 1.17. The summed E-state index contributed by atoms with van der Waals surface area (Å²) < 4.78 is 6.62. The Hall–Kier alpha value is -3.19. The lowest BCUT2D eigenvalue weighted by atomic mass is 10.0. The molecule has 0 unspecified atom stereocenters. The van der Waals surface area contributed by atoms with Crippen molar-refractivity contribution >= 4 is 27.7 Å². The Kier molecular flexibility index (Phi) is 6.62. The van der Waals surface area contributed by atoms with Crippen molar-refractivity contribution in [2.24, 2.45) is 0 Å². The van der Waals surface area contributed by atoms with Crippen molar-refractivity contribution in [3.63, 3.8) is 0 Å². The van der Waals surface area contributed by atoms with Crippen LogP contribution in [0.4, 0.5) is 0 Å². The Morgan fingerprint density at radius 3 is 2.42 bits per heavy atom. The van der Waals surface area contributed by atoms with Crippen LogP contribution in [-0.4, -0.2) is 40.8 Å². The number of piperidine rings is 1. The standard InChI is InChI=1S/C24H22BrN3O3/c25-19-7-4-8-21(15-19)31-22-10-9-18(16-26-22)23(29)27-20-11-13-28(14-12-20)24(30)17-5-2-1-3-6-17/h1-10,15-16,20H,11-14H2,(H,27,29). The lowest BCUT2D eigenvalue weighted by Crippen LogP contribution is -2.46. The highest BCUT2D eigenvalue weighted by Gasteiger charge is 2.24. The summed E-state index contributed by atoms with van der Waals surface area (Å²) in [5, 5.41) is 3.05. The molecule has 0 bridgehead atoms. The maximum Gasteiger partial charge on any atom is 0.253 e. The molecule has 2 heterocycles. The van der Waals surface area contributed by atoms with Crippen molar-refractivity contribution < 1.29 is 14.3 Å². The van der Waals surface area contributed by atoms with Gasteiger partial charge >= 0.3 is 0 Å². The Bertz CT molecular complexity index is 1050. The molecule has 1 aliphatic rings. The molecule has 0 atom stereocenters. The number of carbonyl (C=O) groups excluding carboxylic acids is 2. The van der Waals surface area contributed by atoms with Crippen LogP contribution in [0.15, 0.2) is 77.4 Å². The van der Waals surface area contributed by atoms with Crippen molar-refractivity contribution in [3.8, 4) is 11.6 Å². The molecule has 0 spiro atoms. The van der Waals surface area contributed by atoms with Crippen molar-refractivity contribution in [2.75, 3.05) is 13.1 Å². The Labute approximate surface area is 189 Å². The molecule has 1 aliphatic heterocycles. The average molecular weight is 480 g/mol. The van der Waals surface area contributed by atoms with Crippen molar-refractivity contribution in [2.45, 2.75) is 18.9 Å². The number of benzene rings is 2. The highest BCUT2D eigenvalue weighted by molar-refractivity contribution is 9.10. The Morgan fingerprint density at radius 1 is 0.968 bits per heavy atom.